The van der Waals surface area contributed by atoms with Gasteiger partial charge in [-0.2, -0.15) is 0 Å². The standard InChI is InChI=1S/C70H70N5O10P5/c1-51-11-31-61(32-12-51)76-86(77-62-33-13-52(2)14-34-62)71-87(78-63-35-15-53(3)16-36-63,79-64-37-17-54(4)18-38-64)73-89(82-67-43-23-57(7)24-44-67,83-68-45-25-58(8)26-46-68)75-90(84-69-47-27-59(9)28-48-69,85-70-49-29-60(10)30-50-70)74-88(72-86,80-65-39-19-55(5)20-40-65)81-66-41-21-56(6)22-42-66/h11-50H,1-10H3. The van der Waals surface area contributed by atoms with Gasteiger partial charge in [-0.3, -0.25) is 0 Å². The van der Waals surface area contributed by atoms with Crippen LogP contribution in [-0.2, 0) is 0 Å². The molecule has 0 amide bonds. The van der Waals surface area contributed by atoms with Gasteiger partial charge in [-0.15, -0.1) is 0 Å². The van der Waals surface area contributed by atoms with Gasteiger partial charge in [0.25, 0.3) is 0 Å². The lowest BCUT2D eigenvalue weighted by Gasteiger charge is -2.33. The van der Waals surface area contributed by atoms with E-state index in [9.17, 15) is 0 Å². The summed E-state index contributed by atoms with van der Waals surface area (Å²) in [5.74, 6) is 2.81. The molecule has 1 heterocycles. The number of nitrogens with zero attached hydrogens (tertiary/aromatic N) is 5. The number of benzene rings is 10. The maximum Gasteiger partial charge on any atom is 0.460 e. The second kappa shape index (κ2) is 27.2. The Kier molecular flexibility index (Phi) is 19.0. The monoisotopic (exact) mass is 1300 g/mol. The predicted molar refractivity (Wildman–Crippen MR) is 365 cm³/mol. The zero-order valence-corrected chi connectivity index (χ0v) is 56.1. The van der Waals surface area contributed by atoms with Gasteiger partial charge in [0, 0.05) is 0 Å². The molecule has 10 aromatic rings. The van der Waals surface area contributed by atoms with E-state index in [1.807, 2.05) is 312 Å². The van der Waals surface area contributed by atoms with Crippen LogP contribution in [0.5, 0.6) is 57.5 Å². The Morgan fingerprint density at radius 2 is 0.222 bits per heavy atom. The molecule has 0 radical (unpaired) electrons. The Balaban J connectivity index is 1.46. The molecule has 1 aliphatic heterocycles. The van der Waals surface area contributed by atoms with E-state index < -0.39 is 38.3 Å². The van der Waals surface area contributed by atoms with Gasteiger partial charge in [-0.25, -0.2) is 0 Å². The van der Waals surface area contributed by atoms with Crippen LogP contribution in [0.3, 0.4) is 0 Å². The summed E-state index contributed by atoms with van der Waals surface area (Å²) in [6.45, 7) is 19.8. The van der Waals surface area contributed by atoms with Gasteiger partial charge < -0.3 is 45.2 Å². The van der Waals surface area contributed by atoms with Crippen LogP contribution >= 0.6 is 38.3 Å². The highest BCUT2D eigenvalue weighted by Gasteiger charge is 2.50. The molecule has 0 N–H and O–H groups in total. The quantitative estimate of drug-likeness (QED) is 0.0674. The molecule has 0 bridgehead atoms. The first kappa shape index (κ1) is 62.9. The van der Waals surface area contributed by atoms with Crippen molar-refractivity contribution in [3.8, 4) is 57.5 Å². The van der Waals surface area contributed by atoms with Crippen LogP contribution in [0, 0.1) is 69.2 Å². The highest BCUT2D eigenvalue weighted by atomic mass is 31.3. The van der Waals surface area contributed by atoms with Crippen LogP contribution in [0.4, 0.5) is 0 Å². The Labute approximate surface area is 528 Å². The fourth-order valence-corrected chi connectivity index (χ4v) is 23.7. The Morgan fingerprint density at radius 3 is 0.300 bits per heavy atom. The molecule has 0 spiro atoms. The van der Waals surface area contributed by atoms with Crippen molar-refractivity contribution in [2.24, 2.45) is 22.6 Å². The molecule has 0 aliphatic carbocycles. The fraction of sp³-hybridized carbons (Fsp3) is 0.143. The maximum atomic E-state index is 7.57. The Morgan fingerprint density at radius 1 is 0.144 bits per heavy atom. The molecule has 11 rings (SSSR count). The second-order valence-electron chi connectivity index (χ2n) is 21.9. The van der Waals surface area contributed by atoms with E-state index in [0.29, 0.717) is 0 Å². The molecule has 0 fully saturated rings. The summed E-state index contributed by atoms with van der Waals surface area (Å²) < 4.78 is 105. The Bertz CT molecular complexity index is 3470. The molecular weight excluding hydrogens is 1230 g/mol. The average molecular weight is 1300 g/mol. The maximum absolute atomic E-state index is 7.57. The lowest BCUT2D eigenvalue weighted by Crippen LogP contribution is -2.11. The lowest BCUT2D eigenvalue weighted by molar-refractivity contribution is 0.444. The minimum atomic E-state index is -4.85. The van der Waals surface area contributed by atoms with E-state index in [2.05, 4.69) is 0 Å². The van der Waals surface area contributed by atoms with Crippen LogP contribution < -0.4 is 45.2 Å². The summed E-state index contributed by atoms with van der Waals surface area (Å²) in [7, 11) is -24.2. The van der Waals surface area contributed by atoms with E-state index in [4.69, 9.17) is 67.8 Å². The van der Waals surface area contributed by atoms with Crippen LogP contribution in [-0.4, -0.2) is 0 Å². The fourth-order valence-electron chi connectivity index (χ4n) is 8.63. The molecule has 0 atom stereocenters. The smallest absolute Gasteiger partial charge is 0.413 e. The summed E-state index contributed by atoms with van der Waals surface area (Å²) in [6.07, 6.45) is 0. The van der Waals surface area contributed by atoms with Gasteiger partial charge in [-0.05, 0) is 191 Å². The van der Waals surface area contributed by atoms with Gasteiger partial charge in [0.15, 0.2) is 0 Å². The van der Waals surface area contributed by atoms with Crippen LogP contribution in [0.2, 0.25) is 0 Å². The van der Waals surface area contributed by atoms with Crippen LogP contribution in [0.25, 0.3) is 0 Å². The first-order valence-corrected chi connectivity index (χ1v) is 36.7. The van der Waals surface area contributed by atoms with Crippen LogP contribution in [0.1, 0.15) is 55.6 Å². The zero-order valence-electron chi connectivity index (χ0n) is 51.6. The van der Waals surface area contributed by atoms with Crippen LogP contribution in [0.15, 0.2) is 265 Å². The van der Waals surface area contributed by atoms with Crippen molar-refractivity contribution in [3.05, 3.63) is 298 Å². The minimum Gasteiger partial charge on any atom is -0.413 e. The highest BCUT2D eigenvalue weighted by molar-refractivity contribution is 7.79. The van der Waals surface area contributed by atoms with Gasteiger partial charge in [-0.1, -0.05) is 200 Å². The predicted octanol–water partition coefficient (Wildman–Crippen LogP) is 23.6. The summed E-state index contributed by atoms with van der Waals surface area (Å²) in [5.41, 5.74) is 9.51. The van der Waals surface area contributed by atoms with E-state index in [0.717, 1.165) is 55.6 Å². The summed E-state index contributed by atoms with van der Waals surface area (Å²) >= 11 is 0. The number of hydrogen-bond donors (Lipinski definition) is 0. The molecule has 20 heteroatoms. The van der Waals surface area contributed by atoms with Crippen molar-refractivity contribution >= 4 is 38.3 Å². The average Bonchev–Trinajstić information content (AvgIpc) is 0.748. The van der Waals surface area contributed by atoms with Crippen molar-refractivity contribution in [2.45, 2.75) is 69.2 Å². The van der Waals surface area contributed by atoms with E-state index in [1.54, 1.807) is 0 Å². The number of hydrogen-bond acceptors (Lipinski definition) is 15. The first-order chi connectivity index (χ1) is 43.3. The molecular formula is C70H70N5O10P5. The summed E-state index contributed by atoms with van der Waals surface area (Å²) in [4.78, 5) is 0. The van der Waals surface area contributed by atoms with Gasteiger partial charge in [0.1, 0.15) is 57.5 Å². The normalized spacial score (nSPS) is 15.0. The second-order valence-corrected chi connectivity index (χ2v) is 32.3. The molecule has 15 nitrogen and oxygen atoms in total. The third-order valence-electron chi connectivity index (χ3n) is 13.6. The van der Waals surface area contributed by atoms with Gasteiger partial charge in [0.2, 0.25) is 0 Å². The highest BCUT2D eigenvalue weighted by Crippen LogP contribution is 2.80. The van der Waals surface area contributed by atoms with E-state index in [1.165, 1.54) is 0 Å². The number of aryl methyl sites for hydroxylation is 10. The van der Waals surface area contributed by atoms with Crippen molar-refractivity contribution in [2.75, 3.05) is 0 Å². The molecule has 90 heavy (non-hydrogen) atoms. The molecule has 1 aliphatic rings. The SMILES string of the molecule is Cc1ccc(OP2(Oc3ccc(C)cc3)=NP(Oc3ccc(C)cc3)(Oc3ccc(C)cc3)=NP(Oc3ccc(C)cc3)(Oc3ccc(C)cc3)=NP(Oc3ccc(C)cc3)(Oc3ccc(C)cc3)=NP(Oc3ccc(C)cc3)(Oc3ccc(C)cc3)=N2)cc1. The summed E-state index contributed by atoms with van der Waals surface area (Å²) in [6, 6.07) is 74.5. The molecule has 0 saturated heterocycles. The molecule has 460 valence electrons. The van der Waals surface area contributed by atoms with Gasteiger partial charge >= 0.3 is 38.3 Å². The van der Waals surface area contributed by atoms with E-state index in [-0.39, 0.29) is 57.5 Å². The third-order valence-corrected chi connectivity index (χ3v) is 27.1. The Hall–Kier alpha value is -8.65. The molecule has 0 saturated carbocycles. The van der Waals surface area contributed by atoms with Gasteiger partial charge in [0.05, 0.1) is 0 Å². The first-order valence-electron chi connectivity index (χ1n) is 29.1. The topological polar surface area (TPSA) is 154 Å². The van der Waals surface area contributed by atoms with Crippen molar-refractivity contribution in [3.63, 3.8) is 0 Å². The zero-order chi connectivity index (χ0) is 62.9. The van der Waals surface area contributed by atoms with Crippen molar-refractivity contribution < 1.29 is 45.2 Å². The van der Waals surface area contributed by atoms with Crippen molar-refractivity contribution in [1.29, 1.82) is 0 Å². The molecule has 0 unspecified atom stereocenters. The van der Waals surface area contributed by atoms with Crippen molar-refractivity contribution in [1.82, 2.24) is 0 Å². The molecule has 0 aromatic heterocycles. The largest absolute Gasteiger partial charge is 0.460 e. The summed E-state index contributed by atoms with van der Waals surface area (Å²) in [5, 5.41) is 0. The molecule has 10 aromatic carbocycles. The minimum absolute atomic E-state index is 0.281. The lowest BCUT2D eigenvalue weighted by atomic mass is 10.2. The number of rotatable bonds is 20. The third kappa shape index (κ3) is 16.6. The van der Waals surface area contributed by atoms with E-state index >= 15 is 0 Å².